The van der Waals surface area contributed by atoms with Gasteiger partial charge in [0.15, 0.2) is 5.76 Å². The SMILES string of the molecule is Cc1c(F)cc(CNC(=O)c2ccc(-c3cccc(C(F)(F)F)c3)o2)cc1C#N. The minimum Gasteiger partial charge on any atom is -0.451 e. The second kappa shape index (κ2) is 7.80. The summed E-state index contributed by atoms with van der Waals surface area (Å²) in [5.41, 5.74) is 0.131. The van der Waals surface area contributed by atoms with Crippen LogP contribution < -0.4 is 5.32 Å². The summed E-state index contributed by atoms with van der Waals surface area (Å²) in [6.07, 6.45) is -4.49. The number of halogens is 4. The molecule has 0 fully saturated rings. The number of rotatable bonds is 4. The molecule has 8 heteroatoms. The Balaban J connectivity index is 1.74. The number of nitrogens with one attached hydrogen (secondary N) is 1. The summed E-state index contributed by atoms with van der Waals surface area (Å²) in [6.45, 7) is 1.43. The lowest BCUT2D eigenvalue weighted by Crippen LogP contribution is -2.22. The van der Waals surface area contributed by atoms with E-state index in [1.165, 1.54) is 43.3 Å². The van der Waals surface area contributed by atoms with Gasteiger partial charge in [0.05, 0.1) is 17.2 Å². The lowest BCUT2D eigenvalue weighted by atomic mass is 10.1. The average molecular weight is 402 g/mol. The number of alkyl halides is 3. The molecule has 0 aliphatic rings. The van der Waals surface area contributed by atoms with Gasteiger partial charge in [-0.1, -0.05) is 12.1 Å². The van der Waals surface area contributed by atoms with Crippen molar-refractivity contribution in [1.82, 2.24) is 5.32 Å². The Morgan fingerprint density at radius 2 is 1.93 bits per heavy atom. The highest BCUT2D eigenvalue weighted by atomic mass is 19.4. The van der Waals surface area contributed by atoms with Crippen molar-refractivity contribution in [1.29, 1.82) is 5.26 Å². The molecule has 0 unspecified atom stereocenters. The van der Waals surface area contributed by atoms with Crippen molar-refractivity contribution in [3.63, 3.8) is 0 Å². The molecule has 0 spiro atoms. The third-order valence-electron chi connectivity index (χ3n) is 4.28. The number of nitriles is 1. The molecule has 0 aliphatic heterocycles. The van der Waals surface area contributed by atoms with E-state index in [0.717, 1.165) is 12.1 Å². The first-order chi connectivity index (χ1) is 13.7. The van der Waals surface area contributed by atoms with Crippen LogP contribution in [0.15, 0.2) is 52.9 Å². The molecule has 4 nitrogen and oxygen atoms in total. The van der Waals surface area contributed by atoms with Crippen molar-refractivity contribution in [3.8, 4) is 17.4 Å². The zero-order valence-electron chi connectivity index (χ0n) is 15.1. The van der Waals surface area contributed by atoms with Crippen molar-refractivity contribution < 1.29 is 26.8 Å². The molecule has 0 radical (unpaired) electrons. The summed E-state index contributed by atoms with van der Waals surface area (Å²) >= 11 is 0. The zero-order valence-corrected chi connectivity index (χ0v) is 15.1. The van der Waals surface area contributed by atoms with Gasteiger partial charge in [-0.2, -0.15) is 18.4 Å². The zero-order chi connectivity index (χ0) is 21.2. The van der Waals surface area contributed by atoms with Crippen LogP contribution in [0.25, 0.3) is 11.3 Å². The number of carbonyl (C=O) groups is 1. The largest absolute Gasteiger partial charge is 0.451 e. The maximum atomic E-state index is 13.8. The summed E-state index contributed by atoms with van der Waals surface area (Å²) in [6, 6.07) is 11.8. The Bertz CT molecular complexity index is 1110. The summed E-state index contributed by atoms with van der Waals surface area (Å²) < 4.78 is 57.7. The van der Waals surface area contributed by atoms with Crippen LogP contribution in [0, 0.1) is 24.1 Å². The predicted octanol–water partition coefficient (Wildman–Crippen LogP) is 5.21. The van der Waals surface area contributed by atoms with Gasteiger partial charge >= 0.3 is 6.18 Å². The van der Waals surface area contributed by atoms with Crippen molar-refractivity contribution >= 4 is 5.91 Å². The van der Waals surface area contributed by atoms with Gasteiger partial charge in [0, 0.05) is 17.7 Å². The first-order valence-corrected chi connectivity index (χ1v) is 8.44. The number of amides is 1. The van der Waals surface area contributed by atoms with Crippen LogP contribution in [0.3, 0.4) is 0 Å². The van der Waals surface area contributed by atoms with Crippen LogP contribution in [0.2, 0.25) is 0 Å². The summed E-state index contributed by atoms with van der Waals surface area (Å²) in [5, 5.41) is 11.5. The van der Waals surface area contributed by atoms with Crippen molar-refractivity contribution in [2.75, 3.05) is 0 Å². The molecule has 1 amide bonds. The summed E-state index contributed by atoms with van der Waals surface area (Å²) in [4.78, 5) is 12.3. The number of hydrogen-bond acceptors (Lipinski definition) is 3. The van der Waals surface area contributed by atoms with Gasteiger partial charge in [0.1, 0.15) is 11.6 Å². The molecule has 1 aromatic heterocycles. The fraction of sp³-hybridized carbons (Fsp3) is 0.143. The first-order valence-electron chi connectivity index (χ1n) is 8.44. The molecule has 0 atom stereocenters. The van der Waals surface area contributed by atoms with Gasteiger partial charge in [-0.25, -0.2) is 4.39 Å². The van der Waals surface area contributed by atoms with Gasteiger partial charge in [-0.3, -0.25) is 4.79 Å². The number of carbonyl (C=O) groups excluding carboxylic acids is 1. The highest BCUT2D eigenvalue weighted by molar-refractivity contribution is 5.92. The molecule has 0 saturated heterocycles. The topological polar surface area (TPSA) is 66.0 Å². The Kier molecular flexibility index (Phi) is 5.41. The molecule has 2 aromatic carbocycles. The normalized spacial score (nSPS) is 11.2. The molecular formula is C21H14F4N2O2. The van der Waals surface area contributed by atoms with E-state index in [0.29, 0.717) is 5.56 Å². The van der Waals surface area contributed by atoms with Gasteiger partial charge < -0.3 is 9.73 Å². The van der Waals surface area contributed by atoms with E-state index in [2.05, 4.69) is 5.32 Å². The maximum absolute atomic E-state index is 13.8. The minimum absolute atomic E-state index is 0.0513. The molecule has 29 heavy (non-hydrogen) atoms. The number of hydrogen-bond donors (Lipinski definition) is 1. The van der Waals surface area contributed by atoms with Crippen LogP contribution in [0.5, 0.6) is 0 Å². The smallest absolute Gasteiger partial charge is 0.416 e. The maximum Gasteiger partial charge on any atom is 0.416 e. The van der Waals surface area contributed by atoms with Crippen LogP contribution in [-0.2, 0) is 12.7 Å². The molecule has 0 bridgehead atoms. The van der Waals surface area contributed by atoms with Crippen molar-refractivity contribution in [2.24, 2.45) is 0 Å². The van der Waals surface area contributed by atoms with Gasteiger partial charge in [0.2, 0.25) is 0 Å². The van der Waals surface area contributed by atoms with Crippen molar-refractivity contribution in [2.45, 2.75) is 19.6 Å². The van der Waals surface area contributed by atoms with Crippen LogP contribution in [-0.4, -0.2) is 5.91 Å². The van der Waals surface area contributed by atoms with E-state index < -0.39 is 23.5 Å². The molecule has 1 heterocycles. The van der Waals surface area contributed by atoms with Gasteiger partial charge in [-0.05, 0) is 48.9 Å². The standard InChI is InChI=1S/C21H14F4N2O2/c1-12-15(10-26)7-13(8-17(12)22)11-27-20(28)19-6-5-18(29-19)14-3-2-4-16(9-14)21(23,24)25/h2-9H,11H2,1H3,(H,27,28). The minimum atomic E-state index is -4.49. The molecule has 0 aliphatic carbocycles. The summed E-state index contributed by atoms with van der Waals surface area (Å²) in [5.74, 6) is -1.18. The van der Waals surface area contributed by atoms with E-state index in [4.69, 9.17) is 9.68 Å². The fourth-order valence-corrected chi connectivity index (χ4v) is 2.69. The van der Waals surface area contributed by atoms with E-state index in [-0.39, 0.29) is 34.8 Å². The highest BCUT2D eigenvalue weighted by Gasteiger charge is 2.30. The van der Waals surface area contributed by atoms with E-state index in [1.54, 1.807) is 0 Å². The lowest BCUT2D eigenvalue weighted by molar-refractivity contribution is -0.137. The van der Waals surface area contributed by atoms with E-state index in [9.17, 15) is 22.4 Å². The number of furan rings is 1. The van der Waals surface area contributed by atoms with Gasteiger partial charge in [0.25, 0.3) is 5.91 Å². The molecule has 0 saturated carbocycles. The Hall–Kier alpha value is -3.60. The molecular weight excluding hydrogens is 388 g/mol. The first kappa shape index (κ1) is 20.1. The Morgan fingerprint density at radius 1 is 1.17 bits per heavy atom. The summed E-state index contributed by atoms with van der Waals surface area (Å²) in [7, 11) is 0. The highest BCUT2D eigenvalue weighted by Crippen LogP contribution is 2.32. The Morgan fingerprint density at radius 3 is 2.62 bits per heavy atom. The van der Waals surface area contributed by atoms with Gasteiger partial charge in [-0.15, -0.1) is 0 Å². The number of benzene rings is 2. The van der Waals surface area contributed by atoms with Crippen LogP contribution in [0.4, 0.5) is 17.6 Å². The third-order valence-corrected chi connectivity index (χ3v) is 4.28. The van der Waals surface area contributed by atoms with Crippen LogP contribution >= 0.6 is 0 Å². The predicted molar refractivity (Wildman–Crippen MR) is 96.2 cm³/mol. The second-order valence-corrected chi connectivity index (χ2v) is 6.29. The molecule has 3 aromatic rings. The third kappa shape index (κ3) is 4.46. The lowest BCUT2D eigenvalue weighted by Gasteiger charge is -2.08. The van der Waals surface area contributed by atoms with Crippen LogP contribution in [0.1, 0.15) is 32.8 Å². The monoisotopic (exact) mass is 402 g/mol. The fourth-order valence-electron chi connectivity index (χ4n) is 2.69. The number of nitrogens with zero attached hydrogens (tertiary/aromatic N) is 1. The molecule has 148 valence electrons. The molecule has 3 rings (SSSR count). The van der Waals surface area contributed by atoms with E-state index >= 15 is 0 Å². The quantitative estimate of drug-likeness (QED) is 0.609. The molecule has 1 N–H and O–H groups in total. The Labute approximate surface area is 163 Å². The second-order valence-electron chi connectivity index (χ2n) is 6.29. The van der Waals surface area contributed by atoms with Crippen molar-refractivity contribution in [3.05, 3.63) is 82.4 Å². The average Bonchev–Trinajstić information content (AvgIpc) is 3.18. The van der Waals surface area contributed by atoms with E-state index in [1.807, 2.05) is 6.07 Å².